The van der Waals surface area contributed by atoms with Crippen LogP contribution in [-0.2, 0) is 16.4 Å². The molecule has 124 valence electrons. The first-order valence-electron chi connectivity index (χ1n) is 8.16. The number of hydrogen-bond acceptors (Lipinski definition) is 4. The Morgan fingerprint density at radius 1 is 1.18 bits per heavy atom. The van der Waals surface area contributed by atoms with Crippen molar-refractivity contribution in [3.8, 4) is 0 Å². The molecule has 1 atom stereocenters. The second-order valence-electron chi connectivity index (χ2n) is 6.30. The van der Waals surface area contributed by atoms with E-state index in [1.165, 1.54) is 11.8 Å². The van der Waals surface area contributed by atoms with Crippen LogP contribution < -0.4 is 0 Å². The average molecular weight is 324 g/mol. The van der Waals surface area contributed by atoms with Gasteiger partial charge in [0.05, 0.1) is 5.75 Å². The van der Waals surface area contributed by atoms with Crippen molar-refractivity contribution < 1.29 is 8.42 Å². The lowest BCUT2D eigenvalue weighted by molar-refractivity contribution is 0.0680. The van der Waals surface area contributed by atoms with Crippen LogP contribution >= 0.6 is 0 Å². The molecular weight excluding hydrogens is 296 g/mol. The molecule has 5 heteroatoms. The van der Waals surface area contributed by atoms with Crippen molar-refractivity contribution in [2.24, 2.45) is 0 Å². The minimum Gasteiger partial charge on any atom is -0.298 e. The molecule has 0 spiro atoms. The van der Waals surface area contributed by atoms with E-state index >= 15 is 0 Å². The molecule has 0 amide bonds. The van der Waals surface area contributed by atoms with E-state index in [2.05, 4.69) is 47.1 Å². The van der Waals surface area contributed by atoms with Crippen molar-refractivity contribution in [2.45, 2.75) is 32.4 Å². The fourth-order valence-corrected chi connectivity index (χ4v) is 3.81. The topological polar surface area (TPSA) is 40.6 Å². The Labute approximate surface area is 135 Å². The maximum atomic E-state index is 11.3. The van der Waals surface area contributed by atoms with Gasteiger partial charge < -0.3 is 0 Å². The highest BCUT2D eigenvalue weighted by Crippen LogP contribution is 2.16. The molecule has 2 rings (SSSR count). The highest BCUT2D eigenvalue weighted by molar-refractivity contribution is 7.90. The van der Waals surface area contributed by atoms with Gasteiger partial charge in [-0.25, -0.2) is 8.42 Å². The summed E-state index contributed by atoms with van der Waals surface area (Å²) in [5.74, 6) is 0.299. The van der Waals surface area contributed by atoms with Gasteiger partial charge in [-0.1, -0.05) is 37.3 Å². The Morgan fingerprint density at radius 2 is 1.91 bits per heavy atom. The highest BCUT2D eigenvalue weighted by atomic mass is 32.2. The summed E-state index contributed by atoms with van der Waals surface area (Å²) < 4.78 is 22.5. The van der Waals surface area contributed by atoms with E-state index in [9.17, 15) is 8.42 Å². The van der Waals surface area contributed by atoms with Crippen LogP contribution in [0.25, 0.3) is 0 Å². The predicted molar refractivity (Wildman–Crippen MR) is 91.7 cm³/mol. The van der Waals surface area contributed by atoms with Gasteiger partial charge in [0.2, 0.25) is 0 Å². The van der Waals surface area contributed by atoms with Gasteiger partial charge in [0, 0.05) is 38.5 Å². The molecule has 1 aliphatic heterocycles. The van der Waals surface area contributed by atoms with Crippen LogP contribution in [0.1, 0.15) is 25.3 Å². The molecule has 0 aromatic heterocycles. The van der Waals surface area contributed by atoms with Crippen molar-refractivity contribution in [2.75, 3.05) is 38.2 Å². The van der Waals surface area contributed by atoms with Gasteiger partial charge in [0.25, 0.3) is 0 Å². The molecule has 0 bridgehead atoms. The molecule has 1 aromatic rings. The van der Waals surface area contributed by atoms with Crippen LogP contribution in [-0.4, -0.2) is 62.4 Å². The van der Waals surface area contributed by atoms with E-state index in [1.54, 1.807) is 0 Å². The maximum absolute atomic E-state index is 11.3. The zero-order chi connectivity index (χ0) is 16.0. The van der Waals surface area contributed by atoms with Gasteiger partial charge in [-0.3, -0.25) is 9.80 Å². The summed E-state index contributed by atoms with van der Waals surface area (Å²) in [6.07, 6.45) is 3.18. The first kappa shape index (κ1) is 17.4. The lowest BCUT2D eigenvalue weighted by atomic mass is 10.1. The van der Waals surface area contributed by atoms with Crippen molar-refractivity contribution in [3.63, 3.8) is 0 Å². The number of benzene rings is 1. The summed E-state index contributed by atoms with van der Waals surface area (Å²) in [7, 11) is -2.84. The SMILES string of the molecule is CC[C@H]1CN(Cc2ccccc2)CCN1CCCS(C)(=O)=O. The molecule has 1 aliphatic rings. The van der Waals surface area contributed by atoms with Crippen molar-refractivity contribution >= 4 is 9.84 Å². The zero-order valence-corrected chi connectivity index (χ0v) is 14.6. The fraction of sp³-hybridized carbons (Fsp3) is 0.647. The van der Waals surface area contributed by atoms with Crippen molar-refractivity contribution in [1.82, 2.24) is 9.80 Å². The Morgan fingerprint density at radius 3 is 2.55 bits per heavy atom. The Hall–Kier alpha value is -0.910. The molecular formula is C17H28N2O2S. The fourth-order valence-electron chi connectivity index (χ4n) is 3.15. The first-order chi connectivity index (χ1) is 10.5. The summed E-state index contributed by atoms with van der Waals surface area (Å²) >= 11 is 0. The van der Waals surface area contributed by atoms with E-state index in [0.29, 0.717) is 11.8 Å². The number of hydrogen-bond donors (Lipinski definition) is 0. The van der Waals surface area contributed by atoms with Crippen LogP contribution in [0.5, 0.6) is 0 Å². The summed E-state index contributed by atoms with van der Waals surface area (Å²) in [4.78, 5) is 4.98. The molecule has 1 aromatic carbocycles. The number of sulfone groups is 1. The van der Waals surface area contributed by atoms with Crippen molar-refractivity contribution in [3.05, 3.63) is 35.9 Å². The molecule has 0 unspecified atom stereocenters. The number of piperazine rings is 1. The second kappa shape index (κ2) is 8.09. The number of rotatable bonds is 7. The first-order valence-corrected chi connectivity index (χ1v) is 10.2. The van der Waals surface area contributed by atoms with Crippen LogP contribution in [0.4, 0.5) is 0 Å². The summed E-state index contributed by atoms with van der Waals surface area (Å²) in [5.41, 5.74) is 1.36. The van der Waals surface area contributed by atoms with Gasteiger partial charge in [0.15, 0.2) is 0 Å². The lowest BCUT2D eigenvalue weighted by Gasteiger charge is -2.41. The Kier molecular flexibility index (Phi) is 6.41. The third-order valence-corrected chi connectivity index (χ3v) is 5.40. The predicted octanol–water partition coefficient (Wildman–Crippen LogP) is 2.02. The van der Waals surface area contributed by atoms with Gasteiger partial charge >= 0.3 is 0 Å². The van der Waals surface area contributed by atoms with E-state index in [-0.39, 0.29) is 0 Å². The zero-order valence-electron chi connectivity index (χ0n) is 13.7. The highest BCUT2D eigenvalue weighted by Gasteiger charge is 2.25. The Balaban J connectivity index is 1.83. The van der Waals surface area contributed by atoms with E-state index < -0.39 is 9.84 Å². The van der Waals surface area contributed by atoms with Crippen LogP contribution in [0.2, 0.25) is 0 Å². The molecule has 0 aliphatic carbocycles. The quantitative estimate of drug-likeness (QED) is 0.769. The van der Waals surface area contributed by atoms with E-state index in [0.717, 1.165) is 45.6 Å². The standard InChI is InChI=1S/C17H28N2O2S/c1-3-17-15-18(14-16-8-5-4-6-9-16)11-12-19(17)10-7-13-22(2,20)21/h4-6,8-9,17H,3,7,10-15H2,1-2H3/t17-/m0/s1. The number of nitrogens with zero attached hydrogens (tertiary/aromatic N) is 2. The maximum Gasteiger partial charge on any atom is 0.147 e. The Bertz CT molecular complexity index is 545. The molecule has 0 saturated carbocycles. The molecule has 0 radical (unpaired) electrons. The summed E-state index contributed by atoms with van der Waals surface area (Å²) in [6.45, 7) is 7.29. The normalized spacial score (nSPS) is 21.1. The van der Waals surface area contributed by atoms with Crippen molar-refractivity contribution in [1.29, 1.82) is 0 Å². The average Bonchev–Trinajstić information content (AvgIpc) is 2.48. The smallest absolute Gasteiger partial charge is 0.147 e. The van der Waals surface area contributed by atoms with Gasteiger partial charge in [-0.2, -0.15) is 0 Å². The minimum atomic E-state index is -2.84. The third-order valence-electron chi connectivity index (χ3n) is 4.37. The largest absolute Gasteiger partial charge is 0.298 e. The summed E-state index contributed by atoms with van der Waals surface area (Å²) in [5, 5.41) is 0. The minimum absolute atomic E-state index is 0.299. The lowest BCUT2D eigenvalue weighted by Crippen LogP contribution is -2.52. The van der Waals surface area contributed by atoms with E-state index in [1.807, 2.05) is 0 Å². The van der Waals surface area contributed by atoms with Gasteiger partial charge in [0.1, 0.15) is 9.84 Å². The molecule has 22 heavy (non-hydrogen) atoms. The molecule has 4 nitrogen and oxygen atoms in total. The third kappa shape index (κ3) is 5.71. The monoisotopic (exact) mass is 324 g/mol. The second-order valence-corrected chi connectivity index (χ2v) is 8.56. The summed E-state index contributed by atoms with van der Waals surface area (Å²) in [6, 6.07) is 11.1. The molecule has 1 heterocycles. The molecule has 1 fully saturated rings. The molecule has 1 saturated heterocycles. The van der Waals surface area contributed by atoms with E-state index in [4.69, 9.17) is 0 Å². The van der Waals surface area contributed by atoms with Gasteiger partial charge in [-0.05, 0) is 24.9 Å². The molecule has 0 N–H and O–H groups in total. The van der Waals surface area contributed by atoms with Gasteiger partial charge in [-0.15, -0.1) is 0 Å². The van der Waals surface area contributed by atoms with Crippen LogP contribution in [0, 0.1) is 0 Å². The van der Waals surface area contributed by atoms with Crippen LogP contribution in [0.3, 0.4) is 0 Å². The van der Waals surface area contributed by atoms with Crippen LogP contribution in [0.15, 0.2) is 30.3 Å².